The molecule has 0 aliphatic carbocycles. The van der Waals surface area contributed by atoms with E-state index in [2.05, 4.69) is 10.3 Å². The zero-order valence-electron chi connectivity index (χ0n) is 15.1. The van der Waals surface area contributed by atoms with E-state index in [1.807, 2.05) is 15.9 Å². The summed E-state index contributed by atoms with van der Waals surface area (Å²) in [5, 5.41) is 12.9. The molecule has 3 aliphatic rings. The van der Waals surface area contributed by atoms with Gasteiger partial charge in [0, 0.05) is 57.7 Å². The minimum Gasteiger partial charge on any atom is -0.389 e. The number of aliphatic hydroxyl groups is 1. The first-order chi connectivity index (χ1) is 12.7. The minimum atomic E-state index is -0.293. The van der Waals surface area contributed by atoms with Crippen LogP contribution in [0.5, 0.6) is 0 Å². The molecule has 3 aliphatic heterocycles. The number of nitrogens with zero attached hydrogens (tertiary/aromatic N) is 4. The third-order valence-corrected chi connectivity index (χ3v) is 5.34. The number of ether oxygens (including phenoxy) is 1. The van der Waals surface area contributed by atoms with Gasteiger partial charge in [-0.2, -0.15) is 4.98 Å². The Kier molecular flexibility index (Phi) is 5.21. The van der Waals surface area contributed by atoms with E-state index < -0.39 is 0 Å². The van der Waals surface area contributed by atoms with Crippen LogP contribution in [0.3, 0.4) is 0 Å². The molecule has 4 heterocycles. The van der Waals surface area contributed by atoms with E-state index in [9.17, 15) is 9.90 Å². The lowest BCUT2D eigenvalue weighted by Crippen LogP contribution is -2.51. The first kappa shape index (κ1) is 17.5. The number of likely N-dealkylation sites (tertiary alicyclic amines) is 1. The summed E-state index contributed by atoms with van der Waals surface area (Å²) in [6, 6.07) is 2.00. The van der Waals surface area contributed by atoms with Crippen molar-refractivity contribution in [1.29, 1.82) is 0 Å². The molecule has 2 N–H and O–H groups in total. The van der Waals surface area contributed by atoms with Gasteiger partial charge in [0.15, 0.2) is 0 Å². The number of hydrogen-bond acceptors (Lipinski definition) is 7. The molecule has 26 heavy (non-hydrogen) atoms. The molecule has 0 aromatic carbocycles. The van der Waals surface area contributed by atoms with E-state index in [0.717, 1.165) is 43.9 Å². The molecule has 3 fully saturated rings. The fraction of sp³-hybridized carbons (Fsp3) is 0.722. The van der Waals surface area contributed by atoms with E-state index in [1.165, 1.54) is 0 Å². The minimum absolute atomic E-state index is 0.250. The van der Waals surface area contributed by atoms with Crippen LogP contribution in [-0.4, -0.2) is 77.9 Å². The summed E-state index contributed by atoms with van der Waals surface area (Å²) in [7, 11) is 0. The van der Waals surface area contributed by atoms with E-state index in [1.54, 1.807) is 0 Å². The lowest BCUT2D eigenvalue weighted by atomic mass is 10.0. The van der Waals surface area contributed by atoms with Crippen molar-refractivity contribution in [3.8, 4) is 0 Å². The molecule has 142 valence electrons. The summed E-state index contributed by atoms with van der Waals surface area (Å²) in [6.45, 7) is 4.84. The zero-order valence-corrected chi connectivity index (χ0v) is 15.1. The number of carbonyl (C=O) groups excluding carboxylic acids is 1. The molecule has 0 saturated carbocycles. The highest BCUT2D eigenvalue weighted by atomic mass is 16.5. The van der Waals surface area contributed by atoms with Crippen LogP contribution in [0.4, 0.5) is 11.8 Å². The van der Waals surface area contributed by atoms with Gasteiger partial charge in [-0.05, 0) is 19.3 Å². The number of carbonyl (C=O) groups is 1. The van der Waals surface area contributed by atoms with Gasteiger partial charge in [-0.25, -0.2) is 4.98 Å². The molecule has 1 aromatic rings. The summed E-state index contributed by atoms with van der Waals surface area (Å²) >= 11 is 0. The predicted molar refractivity (Wildman–Crippen MR) is 97.3 cm³/mol. The molecule has 4 rings (SSSR count). The summed E-state index contributed by atoms with van der Waals surface area (Å²) < 4.78 is 5.50. The van der Waals surface area contributed by atoms with Crippen LogP contribution in [0.15, 0.2) is 6.07 Å². The number of aromatic nitrogens is 2. The molecular formula is C18H27N5O3. The fourth-order valence-electron chi connectivity index (χ4n) is 3.70. The molecule has 3 saturated heterocycles. The standard InChI is InChI=1S/C18H27N5O3/c24-14-10-23(11-14)18-20-15(13-4-8-26-12-13)9-16(21-18)19-5-7-22-6-2-1-3-17(22)25/h9,13-14,24H,1-8,10-12H2,(H,19,20,21)/t13-/m0/s1. The second kappa shape index (κ2) is 7.75. The van der Waals surface area contributed by atoms with Crippen molar-refractivity contribution >= 4 is 17.7 Å². The summed E-state index contributed by atoms with van der Waals surface area (Å²) in [4.78, 5) is 25.1. The Bertz CT molecular complexity index is 644. The molecule has 1 aromatic heterocycles. The summed E-state index contributed by atoms with van der Waals surface area (Å²) in [5.41, 5.74) is 0.991. The van der Waals surface area contributed by atoms with Crippen molar-refractivity contribution in [1.82, 2.24) is 14.9 Å². The van der Waals surface area contributed by atoms with Gasteiger partial charge in [0.2, 0.25) is 11.9 Å². The Hall–Kier alpha value is -1.93. The highest BCUT2D eigenvalue weighted by Crippen LogP contribution is 2.28. The molecule has 0 bridgehead atoms. The maximum atomic E-state index is 11.9. The molecule has 8 heteroatoms. The topological polar surface area (TPSA) is 90.8 Å². The number of amides is 1. The lowest BCUT2D eigenvalue weighted by molar-refractivity contribution is -0.133. The van der Waals surface area contributed by atoms with Gasteiger partial charge in [0.1, 0.15) is 5.82 Å². The second-order valence-corrected chi connectivity index (χ2v) is 7.36. The fourth-order valence-corrected chi connectivity index (χ4v) is 3.70. The van der Waals surface area contributed by atoms with E-state index in [4.69, 9.17) is 9.72 Å². The Labute approximate surface area is 153 Å². The van der Waals surface area contributed by atoms with Crippen molar-refractivity contribution in [2.45, 2.75) is 37.7 Å². The van der Waals surface area contributed by atoms with Crippen molar-refractivity contribution in [3.05, 3.63) is 11.8 Å². The van der Waals surface area contributed by atoms with E-state index in [-0.39, 0.29) is 12.0 Å². The molecule has 0 spiro atoms. The Balaban J connectivity index is 1.42. The lowest BCUT2D eigenvalue weighted by Gasteiger charge is -2.36. The Morgan fingerprint density at radius 1 is 1.31 bits per heavy atom. The summed E-state index contributed by atoms with van der Waals surface area (Å²) in [6.07, 6.45) is 3.44. The van der Waals surface area contributed by atoms with E-state index in [0.29, 0.717) is 51.1 Å². The number of aliphatic hydroxyl groups excluding tert-OH is 1. The van der Waals surface area contributed by atoms with Crippen molar-refractivity contribution in [2.75, 3.05) is 56.2 Å². The molecule has 1 atom stereocenters. The number of anilines is 2. The van der Waals surface area contributed by atoms with Gasteiger partial charge in [-0.3, -0.25) is 4.79 Å². The average molecular weight is 361 g/mol. The van der Waals surface area contributed by atoms with Crippen LogP contribution in [0.1, 0.15) is 37.3 Å². The number of nitrogens with one attached hydrogen (secondary N) is 1. The zero-order chi connectivity index (χ0) is 17.9. The Morgan fingerprint density at radius 2 is 2.19 bits per heavy atom. The molecule has 8 nitrogen and oxygen atoms in total. The quantitative estimate of drug-likeness (QED) is 0.766. The van der Waals surface area contributed by atoms with Crippen LogP contribution < -0.4 is 10.2 Å². The first-order valence-electron chi connectivity index (χ1n) is 9.60. The van der Waals surface area contributed by atoms with Crippen molar-refractivity contribution < 1.29 is 14.6 Å². The van der Waals surface area contributed by atoms with Crippen LogP contribution >= 0.6 is 0 Å². The maximum Gasteiger partial charge on any atom is 0.227 e. The van der Waals surface area contributed by atoms with E-state index >= 15 is 0 Å². The van der Waals surface area contributed by atoms with Crippen molar-refractivity contribution in [3.63, 3.8) is 0 Å². The maximum absolute atomic E-state index is 11.9. The van der Waals surface area contributed by atoms with Crippen LogP contribution in [0, 0.1) is 0 Å². The third kappa shape index (κ3) is 3.91. The van der Waals surface area contributed by atoms with Crippen LogP contribution in [0.2, 0.25) is 0 Å². The number of hydrogen-bond donors (Lipinski definition) is 2. The molecular weight excluding hydrogens is 334 g/mol. The Morgan fingerprint density at radius 3 is 2.92 bits per heavy atom. The van der Waals surface area contributed by atoms with Gasteiger partial charge in [-0.1, -0.05) is 0 Å². The second-order valence-electron chi connectivity index (χ2n) is 7.36. The number of rotatable bonds is 6. The van der Waals surface area contributed by atoms with Crippen LogP contribution in [0.25, 0.3) is 0 Å². The highest BCUT2D eigenvalue weighted by Gasteiger charge is 2.29. The van der Waals surface area contributed by atoms with Gasteiger partial charge in [0.05, 0.1) is 18.4 Å². The average Bonchev–Trinajstić information content (AvgIpc) is 3.15. The number of β-amino-alcohol motifs (C(OH)–C–C–N with tert-alkyl or cyclic N) is 1. The van der Waals surface area contributed by atoms with Gasteiger partial charge >= 0.3 is 0 Å². The first-order valence-corrected chi connectivity index (χ1v) is 9.60. The monoisotopic (exact) mass is 361 g/mol. The number of piperidine rings is 1. The predicted octanol–water partition coefficient (Wildman–Crippen LogP) is 0.586. The van der Waals surface area contributed by atoms with Crippen molar-refractivity contribution in [2.24, 2.45) is 0 Å². The van der Waals surface area contributed by atoms with Crippen LogP contribution in [-0.2, 0) is 9.53 Å². The largest absolute Gasteiger partial charge is 0.389 e. The highest BCUT2D eigenvalue weighted by molar-refractivity contribution is 5.76. The van der Waals surface area contributed by atoms with Gasteiger partial charge in [0.25, 0.3) is 0 Å². The molecule has 0 unspecified atom stereocenters. The smallest absolute Gasteiger partial charge is 0.227 e. The molecule has 1 amide bonds. The normalized spacial score (nSPS) is 24.0. The van der Waals surface area contributed by atoms with Gasteiger partial charge < -0.3 is 25.0 Å². The third-order valence-electron chi connectivity index (χ3n) is 5.34. The SMILES string of the molecule is O=C1CCCCN1CCNc1cc([C@H]2CCOC2)nc(N2CC(O)C2)n1. The summed E-state index contributed by atoms with van der Waals surface area (Å²) in [5.74, 6) is 1.99. The molecule has 0 radical (unpaired) electrons. The van der Waals surface area contributed by atoms with Gasteiger partial charge in [-0.15, -0.1) is 0 Å².